The molecule has 3 heterocycles. The summed E-state index contributed by atoms with van der Waals surface area (Å²) in [6, 6.07) is 19.1. The van der Waals surface area contributed by atoms with Crippen molar-refractivity contribution in [3.05, 3.63) is 89.2 Å². The first kappa shape index (κ1) is 31.8. The molecule has 9 nitrogen and oxygen atoms in total. The molecule has 0 spiro atoms. The Bertz CT molecular complexity index is 1700. The molecule has 2 aromatic carbocycles. The molecule has 0 N–H and O–H groups in total. The predicted octanol–water partition coefficient (Wildman–Crippen LogP) is 5.01. The molecule has 3 aliphatic rings. The van der Waals surface area contributed by atoms with E-state index < -0.39 is 16.0 Å². The lowest BCUT2D eigenvalue weighted by Gasteiger charge is -2.34. The van der Waals surface area contributed by atoms with Crippen LogP contribution in [0, 0.1) is 17.2 Å². The number of aromatic nitrogens is 1. The Labute approximate surface area is 268 Å². The van der Waals surface area contributed by atoms with Crippen LogP contribution in [0.3, 0.4) is 0 Å². The molecular formula is C35H37FN4O5S. The van der Waals surface area contributed by atoms with Crippen LogP contribution in [0.25, 0.3) is 0 Å². The van der Waals surface area contributed by atoms with Crippen LogP contribution < -0.4 is 4.74 Å². The number of ketones is 1. The smallest absolute Gasteiger partial charge is 0.272 e. The minimum atomic E-state index is -3.24. The number of sulfone groups is 1. The number of carbonyl (C=O) groups is 2. The first-order valence-corrected chi connectivity index (χ1v) is 17.4. The van der Waals surface area contributed by atoms with Gasteiger partial charge >= 0.3 is 0 Å². The van der Waals surface area contributed by atoms with Gasteiger partial charge < -0.3 is 9.64 Å². The second-order valence-corrected chi connectivity index (χ2v) is 14.7. The lowest BCUT2D eigenvalue weighted by molar-refractivity contribution is 0.0589. The number of nitrogens with zero attached hydrogens (tertiary/aromatic N) is 4. The first-order valence-electron chi connectivity index (χ1n) is 15.8. The van der Waals surface area contributed by atoms with Crippen molar-refractivity contribution in [3.8, 4) is 11.8 Å². The Hall–Kier alpha value is -4.14. The average Bonchev–Trinajstić information content (AvgIpc) is 3.94. The fraction of sp³-hybridized carbons (Fsp3) is 0.429. The van der Waals surface area contributed by atoms with Crippen LogP contribution in [-0.2, 0) is 16.4 Å². The quantitative estimate of drug-likeness (QED) is 0.283. The summed E-state index contributed by atoms with van der Waals surface area (Å²) < 4.78 is 45.9. The van der Waals surface area contributed by atoms with Crippen molar-refractivity contribution in [2.75, 3.05) is 26.2 Å². The van der Waals surface area contributed by atoms with Crippen LogP contribution in [0.15, 0.2) is 71.8 Å². The second-order valence-electron chi connectivity index (χ2n) is 12.5. The zero-order chi connectivity index (χ0) is 32.3. The maximum atomic E-state index is 15.1. The molecule has 2 aliphatic heterocycles. The highest BCUT2D eigenvalue weighted by molar-refractivity contribution is 7.92. The molecule has 6 rings (SSSR count). The molecule has 3 fully saturated rings. The number of alkyl halides is 1. The molecule has 2 atom stereocenters. The topological polar surface area (TPSA) is 121 Å². The van der Waals surface area contributed by atoms with Crippen molar-refractivity contribution < 1.29 is 27.1 Å². The minimum absolute atomic E-state index is 0.0907. The molecule has 0 radical (unpaired) electrons. The Morgan fingerprint density at radius 3 is 2.26 bits per heavy atom. The number of rotatable bonds is 10. The highest BCUT2D eigenvalue weighted by Crippen LogP contribution is 2.34. The lowest BCUT2D eigenvalue weighted by atomic mass is 9.88. The maximum Gasteiger partial charge on any atom is 0.272 e. The van der Waals surface area contributed by atoms with Crippen LogP contribution in [0.5, 0.6) is 5.75 Å². The number of nitriles is 1. The fourth-order valence-corrected chi connectivity index (χ4v) is 7.84. The molecule has 11 heteroatoms. The van der Waals surface area contributed by atoms with Gasteiger partial charge in [-0.25, -0.2) is 12.8 Å². The van der Waals surface area contributed by atoms with Gasteiger partial charge in [0.25, 0.3) is 5.91 Å². The van der Waals surface area contributed by atoms with Gasteiger partial charge in [0.15, 0.2) is 15.6 Å². The summed E-state index contributed by atoms with van der Waals surface area (Å²) in [4.78, 5) is 34.4. The van der Waals surface area contributed by atoms with Crippen LogP contribution in [0.1, 0.15) is 70.5 Å². The zero-order valence-corrected chi connectivity index (χ0v) is 26.4. The second kappa shape index (κ2) is 13.7. The van der Waals surface area contributed by atoms with Crippen molar-refractivity contribution in [1.29, 1.82) is 5.26 Å². The number of carbonyl (C=O) groups excluding carboxylic acids is 2. The largest absolute Gasteiger partial charge is 0.490 e. The number of pyridine rings is 1. The van der Waals surface area contributed by atoms with Gasteiger partial charge in [0, 0.05) is 57.2 Å². The van der Waals surface area contributed by atoms with Crippen molar-refractivity contribution in [2.45, 2.75) is 67.5 Å². The van der Waals surface area contributed by atoms with E-state index in [0.29, 0.717) is 67.2 Å². The summed E-state index contributed by atoms with van der Waals surface area (Å²) in [5.41, 5.74) is 2.23. The summed E-state index contributed by atoms with van der Waals surface area (Å²) in [5.74, 6) is -0.168. The molecule has 2 saturated heterocycles. The molecule has 3 aromatic rings. The van der Waals surface area contributed by atoms with E-state index in [9.17, 15) is 18.0 Å². The van der Waals surface area contributed by atoms with Gasteiger partial charge in [0.1, 0.15) is 23.7 Å². The third kappa shape index (κ3) is 7.45. The highest BCUT2D eigenvalue weighted by atomic mass is 32.2. The number of halogens is 1. The van der Waals surface area contributed by atoms with E-state index in [0.717, 1.165) is 18.4 Å². The maximum absolute atomic E-state index is 15.1. The van der Waals surface area contributed by atoms with Crippen molar-refractivity contribution in [3.63, 3.8) is 0 Å². The average molecular weight is 645 g/mol. The van der Waals surface area contributed by atoms with Crippen LogP contribution >= 0.6 is 0 Å². The molecule has 1 aliphatic carbocycles. The summed E-state index contributed by atoms with van der Waals surface area (Å²) >= 11 is 0. The molecule has 0 bridgehead atoms. The standard InChI is InChI=1S/C35H37FN4O5S/c36-32-23-39(22-25-3-1-24(20-37)2-4-25)16-13-26(32)19-34(41)27-5-12-33(38-21-27)35(42)40-17-14-29(15-18-40)45-28-6-8-30(9-7-28)46(43,44)31-10-11-31/h1-9,12,21,26,29,31-32H,10-11,13-19,22-23H2/t26?,32-/m1/s1. The number of benzene rings is 2. The monoisotopic (exact) mass is 644 g/mol. The van der Waals surface area contributed by atoms with E-state index in [4.69, 9.17) is 10.00 Å². The Morgan fingerprint density at radius 2 is 1.65 bits per heavy atom. The van der Waals surface area contributed by atoms with Gasteiger partial charge in [-0.05, 0) is 85.8 Å². The molecule has 1 amide bonds. The lowest BCUT2D eigenvalue weighted by Crippen LogP contribution is -2.42. The van der Waals surface area contributed by atoms with E-state index in [1.807, 2.05) is 17.0 Å². The number of hydrogen-bond donors (Lipinski definition) is 0. The van der Waals surface area contributed by atoms with Gasteiger partial charge in [-0.3, -0.25) is 19.5 Å². The molecule has 1 aromatic heterocycles. The van der Waals surface area contributed by atoms with E-state index in [1.54, 1.807) is 53.4 Å². The van der Waals surface area contributed by atoms with E-state index in [1.165, 1.54) is 6.20 Å². The number of likely N-dealkylation sites (tertiary alicyclic amines) is 2. The van der Waals surface area contributed by atoms with Crippen LogP contribution in [-0.4, -0.2) is 78.6 Å². The Kier molecular flexibility index (Phi) is 9.47. The number of Topliss-reactive ketones (excluding diaryl/α,β-unsaturated/α-hetero) is 1. The summed E-state index contributed by atoms with van der Waals surface area (Å²) in [6.45, 7) is 2.51. The Balaban J connectivity index is 0.946. The van der Waals surface area contributed by atoms with Gasteiger partial charge in [-0.15, -0.1) is 0 Å². The van der Waals surface area contributed by atoms with Crippen LogP contribution in [0.2, 0.25) is 0 Å². The highest BCUT2D eigenvalue weighted by Gasteiger charge is 2.37. The van der Waals surface area contributed by atoms with Crippen molar-refractivity contribution in [1.82, 2.24) is 14.8 Å². The van der Waals surface area contributed by atoms with Crippen molar-refractivity contribution >= 4 is 21.5 Å². The van der Waals surface area contributed by atoms with Gasteiger partial charge in [-0.1, -0.05) is 12.1 Å². The van der Waals surface area contributed by atoms with Crippen molar-refractivity contribution in [2.24, 2.45) is 5.92 Å². The molecular weight excluding hydrogens is 607 g/mol. The van der Waals surface area contributed by atoms with Gasteiger partial charge in [0.2, 0.25) is 0 Å². The van der Waals surface area contributed by atoms with E-state index >= 15 is 4.39 Å². The number of piperidine rings is 2. The van der Waals surface area contributed by atoms with E-state index in [2.05, 4.69) is 11.1 Å². The first-order chi connectivity index (χ1) is 22.2. The third-order valence-corrected chi connectivity index (χ3v) is 11.4. The number of ether oxygens (including phenoxy) is 1. The normalized spacial score (nSPS) is 21.0. The number of hydrogen-bond acceptors (Lipinski definition) is 8. The summed E-state index contributed by atoms with van der Waals surface area (Å²) in [6.07, 6.45) is 3.55. The third-order valence-electron chi connectivity index (χ3n) is 9.15. The summed E-state index contributed by atoms with van der Waals surface area (Å²) in [7, 11) is -3.24. The zero-order valence-electron chi connectivity index (χ0n) is 25.6. The van der Waals surface area contributed by atoms with E-state index in [-0.39, 0.29) is 47.6 Å². The molecule has 46 heavy (non-hydrogen) atoms. The summed E-state index contributed by atoms with van der Waals surface area (Å²) in [5, 5.41) is 8.71. The number of amides is 1. The molecule has 240 valence electrons. The molecule has 1 saturated carbocycles. The van der Waals surface area contributed by atoms with Gasteiger partial charge in [-0.2, -0.15) is 5.26 Å². The minimum Gasteiger partial charge on any atom is -0.490 e. The van der Waals surface area contributed by atoms with Gasteiger partial charge in [0.05, 0.1) is 21.8 Å². The Morgan fingerprint density at radius 1 is 0.935 bits per heavy atom. The SMILES string of the molecule is N#Cc1ccc(CN2CCC(CC(=O)c3ccc(C(=O)N4CCC(Oc5ccc(S(=O)(=O)C6CC6)cc5)CC4)nc3)[C@H](F)C2)cc1. The fourth-order valence-electron chi connectivity index (χ4n) is 6.18. The molecule has 1 unspecified atom stereocenters. The van der Waals surface area contributed by atoms with Crippen LogP contribution in [0.4, 0.5) is 4.39 Å². The predicted molar refractivity (Wildman–Crippen MR) is 169 cm³/mol.